The van der Waals surface area contributed by atoms with Gasteiger partial charge in [-0.3, -0.25) is 4.99 Å². The van der Waals surface area contributed by atoms with Crippen LogP contribution in [0.5, 0.6) is 0 Å². The molecule has 33 heavy (non-hydrogen) atoms. The first-order valence-electron chi connectivity index (χ1n) is 9.91. The number of rotatable bonds is 7. The molecule has 0 radical (unpaired) electrons. The Balaban J connectivity index is 2.25. The third-order valence-corrected chi connectivity index (χ3v) is 4.42. The van der Waals surface area contributed by atoms with Gasteiger partial charge >= 0.3 is 6.18 Å². The fraction of sp³-hybridized carbons (Fsp3) is 0.154. The zero-order chi connectivity index (χ0) is 24.6. The summed E-state index contributed by atoms with van der Waals surface area (Å²) in [4.78, 5) is 8.25. The van der Waals surface area contributed by atoms with E-state index >= 15 is 0 Å². The minimum atomic E-state index is -4.45. The van der Waals surface area contributed by atoms with Gasteiger partial charge in [-0.15, -0.1) is 0 Å². The molecule has 0 spiro atoms. The van der Waals surface area contributed by atoms with Crippen LogP contribution in [0.15, 0.2) is 84.8 Å². The average molecular weight is 451 g/mol. The number of nitrogens with zero attached hydrogens (tertiary/aromatic N) is 2. The van der Waals surface area contributed by atoms with E-state index in [1.165, 1.54) is 0 Å². The lowest BCUT2D eigenvalue weighted by atomic mass is 10.0. The minimum Gasteiger partial charge on any atom is -0.402 e. The second-order valence-corrected chi connectivity index (χ2v) is 7.30. The Bertz CT molecular complexity index is 1190. The van der Waals surface area contributed by atoms with Gasteiger partial charge in [-0.05, 0) is 43.2 Å². The van der Waals surface area contributed by atoms with Crippen LogP contribution in [0.3, 0.4) is 0 Å². The molecule has 0 unspecified atom stereocenters. The first-order valence-corrected chi connectivity index (χ1v) is 9.91. The van der Waals surface area contributed by atoms with Gasteiger partial charge in [0.2, 0.25) is 0 Å². The van der Waals surface area contributed by atoms with E-state index in [2.05, 4.69) is 46.9 Å². The molecule has 170 valence electrons. The van der Waals surface area contributed by atoms with Crippen LogP contribution in [-0.4, -0.2) is 10.7 Å². The van der Waals surface area contributed by atoms with Gasteiger partial charge in [0.05, 0.1) is 5.56 Å². The van der Waals surface area contributed by atoms with Crippen LogP contribution >= 0.6 is 0 Å². The Morgan fingerprint density at radius 3 is 2.61 bits per heavy atom. The molecule has 0 aliphatic carbocycles. The molecule has 4 nitrogen and oxygen atoms in total. The standard InChI is InChI=1S/C26H25F3N4/c1-6-21(16-32-19(4)13-18(3)30)8-10-22-14-23(9-7-17(22)2)20(5)33-25-15-24(11-12-31-25)26(27,28)29/h6-7,9,11-12,14-16H,1,3,5,13,30H2,2,4H3,(H,31,33)/b21-16+,32-19?. The average Bonchev–Trinajstić information content (AvgIpc) is 2.74. The van der Waals surface area contributed by atoms with E-state index in [4.69, 9.17) is 5.73 Å². The van der Waals surface area contributed by atoms with Gasteiger partial charge in [-0.25, -0.2) is 4.98 Å². The maximum Gasteiger partial charge on any atom is 0.416 e. The summed E-state index contributed by atoms with van der Waals surface area (Å²) in [6.07, 6.45) is 0.342. The number of halogens is 3. The van der Waals surface area contributed by atoms with Crippen molar-refractivity contribution in [1.82, 2.24) is 4.98 Å². The number of nitrogens with two attached hydrogens (primary N) is 1. The lowest BCUT2D eigenvalue weighted by molar-refractivity contribution is -0.137. The maximum absolute atomic E-state index is 12.9. The van der Waals surface area contributed by atoms with Gasteiger partial charge in [-0.2, -0.15) is 13.2 Å². The monoisotopic (exact) mass is 450 g/mol. The highest BCUT2D eigenvalue weighted by Crippen LogP contribution is 2.30. The molecule has 2 rings (SSSR count). The Morgan fingerprint density at radius 2 is 1.97 bits per heavy atom. The van der Waals surface area contributed by atoms with E-state index in [1.54, 1.807) is 24.4 Å². The number of nitrogens with one attached hydrogen (secondary N) is 1. The first-order chi connectivity index (χ1) is 15.5. The summed E-state index contributed by atoms with van der Waals surface area (Å²) in [5.74, 6) is 6.15. The summed E-state index contributed by atoms with van der Waals surface area (Å²) in [7, 11) is 0. The van der Waals surface area contributed by atoms with Crippen molar-refractivity contribution < 1.29 is 13.2 Å². The van der Waals surface area contributed by atoms with E-state index in [0.29, 0.717) is 29.0 Å². The first kappa shape index (κ1) is 25.2. The number of hydrogen-bond donors (Lipinski definition) is 2. The molecule has 0 atom stereocenters. The molecule has 7 heteroatoms. The third-order valence-electron chi connectivity index (χ3n) is 4.42. The summed E-state index contributed by atoms with van der Waals surface area (Å²) in [6.45, 7) is 15.1. The summed E-state index contributed by atoms with van der Waals surface area (Å²) in [6, 6.07) is 7.32. The molecular formula is C26H25F3N4. The smallest absolute Gasteiger partial charge is 0.402 e. The largest absolute Gasteiger partial charge is 0.416 e. The molecule has 0 saturated carbocycles. The van der Waals surface area contributed by atoms with E-state index in [1.807, 2.05) is 19.9 Å². The van der Waals surface area contributed by atoms with Crippen molar-refractivity contribution in [2.24, 2.45) is 10.7 Å². The molecular weight excluding hydrogens is 425 g/mol. The highest BCUT2D eigenvalue weighted by Gasteiger charge is 2.30. The second-order valence-electron chi connectivity index (χ2n) is 7.30. The fourth-order valence-corrected chi connectivity index (χ4v) is 2.68. The molecule has 0 aliphatic heterocycles. The number of aromatic nitrogens is 1. The molecule has 0 bridgehead atoms. The number of aliphatic imine (C=N–C) groups is 1. The SMILES string of the molecule is C=C/C(C#Cc1cc(C(=C)Nc2cc(C(F)(F)F)ccn2)ccc1C)=C\N=C(C)CC(=C)N. The summed E-state index contributed by atoms with van der Waals surface area (Å²) in [5.41, 5.74) is 9.46. The van der Waals surface area contributed by atoms with Gasteiger partial charge in [0, 0.05) is 47.1 Å². The van der Waals surface area contributed by atoms with Crippen molar-refractivity contribution in [2.75, 3.05) is 5.32 Å². The number of aryl methyl sites for hydroxylation is 1. The molecule has 0 fully saturated rings. The van der Waals surface area contributed by atoms with Crippen LogP contribution in [0.4, 0.5) is 19.0 Å². The summed E-state index contributed by atoms with van der Waals surface area (Å²) in [5, 5.41) is 2.83. The van der Waals surface area contributed by atoms with E-state index in [0.717, 1.165) is 35.2 Å². The van der Waals surface area contributed by atoms with Crippen molar-refractivity contribution in [2.45, 2.75) is 26.4 Å². The molecule has 0 amide bonds. The highest BCUT2D eigenvalue weighted by atomic mass is 19.4. The predicted molar refractivity (Wildman–Crippen MR) is 129 cm³/mol. The molecule has 2 aromatic rings. The van der Waals surface area contributed by atoms with Gasteiger partial charge in [0.1, 0.15) is 5.82 Å². The number of pyridine rings is 1. The normalized spacial score (nSPS) is 11.9. The second kappa shape index (κ2) is 11.0. The predicted octanol–water partition coefficient (Wildman–Crippen LogP) is 6.24. The Kier molecular flexibility index (Phi) is 8.41. The molecule has 0 saturated heterocycles. The van der Waals surface area contributed by atoms with Crippen molar-refractivity contribution in [3.63, 3.8) is 0 Å². The number of benzene rings is 1. The lowest BCUT2D eigenvalue weighted by Gasteiger charge is -2.12. The van der Waals surface area contributed by atoms with Crippen LogP contribution in [0.2, 0.25) is 0 Å². The Hall–Kier alpha value is -4.05. The van der Waals surface area contributed by atoms with Crippen LogP contribution in [0.25, 0.3) is 5.70 Å². The number of allylic oxidation sites excluding steroid dienone is 3. The zero-order valence-corrected chi connectivity index (χ0v) is 18.6. The van der Waals surface area contributed by atoms with Crippen LogP contribution in [0, 0.1) is 18.8 Å². The Morgan fingerprint density at radius 1 is 1.24 bits per heavy atom. The zero-order valence-electron chi connectivity index (χ0n) is 18.6. The van der Waals surface area contributed by atoms with E-state index < -0.39 is 11.7 Å². The number of anilines is 1. The molecule has 1 aromatic heterocycles. The van der Waals surface area contributed by atoms with Gasteiger partial charge in [0.25, 0.3) is 0 Å². The van der Waals surface area contributed by atoms with Gasteiger partial charge in [-0.1, -0.05) is 49.8 Å². The highest BCUT2D eigenvalue weighted by molar-refractivity contribution is 5.84. The van der Waals surface area contributed by atoms with Crippen molar-refractivity contribution in [3.05, 3.63) is 102 Å². The quantitative estimate of drug-likeness (QED) is 0.298. The summed E-state index contributed by atoms with van der Waals surface area (Å²) >= 11 is 0. The molecule has 1 heterocycles. The summed E-state index contributed by atoms with van der Waals surface area (Å²) < 4.78 is 38.8. The number of alkyl halides is 3. The van der Waals surface area contributed by atoms with Crippen molar-refractivity contribution >= 4 is 17.2 Å². The van der Waals surface area contributed by atoms with Crippen LogP contribution in [-0.2, 0) is 6.18 Å². The minimum absolute atomic E-state index is 0.0494. The maximum atomic E-state index is 12.9. The van der Waals surface area contributed by atoms with Crippen molar-refractivity contribution in [1.29, 1.82) is 0 Å². The third kappa shape index (κ3) is 7.86. The molecule has 3 N–H and O–H groups in total. The molecule has 0 aliphatic rings. The number of hydrogen-bond acceptors (Lipinski definition) is 4. The van der Waals surface area contributed by atoms with Crippen LogP contribution in [0.1, 0.15) is 35.6 Å². The fourth-order valence-electron chi connectivity index (χ4n) is 2.68. The lowest BCUT2D eigenvalue weighted by Crippen LogP contribution is -2.07. The van der Waals surface area contributed by atoms with E-state index in [9.17, 15) is 13.2 Å². The van der Waals surface area contributed by atoms with E-state index in [-0.39, 0.29) is 5.82 Å². The van der Waals surface area contributed by atoms with Crippen LogP contribution < -0.4 is 11.1 Å². The van der Waals surface area contributed by atoms with Crippen molar-refractivity contribution in [3.8, 4) is 11.8 Å². The molecule has 1 aromatic carbocycles. The Labute approximate surface area is 192 Å². The van der Waals surface area contributed by atoms with Gasteiger partial charge in [0.15, 0.2) is 0 Å². The van der Waals surface area contributed by atoms with Gasteiger partial charge < -0.3 is 11.1 Å². The topological polar surface area (TPSA) is 63.3 Å².